The lowest BCUT2D eigenvalue weighted by Gasteiger charge is -2.08. The minimum absolute atomic E-state index is 0.208. The Kier molecular flexibility index (Phi) is 4.04. The van der Waals surface area contributed by atoms with Gasteiger partial charge in [0.1, 0.15) is 10.7 Å². The number of imidazole rings is 1. The molecule has 17 heavy (non-hydrogen) atoms. The van der Waals surface area contributed by atoms with Gasteiger partial charge in [0.15, 0.2) is 0 Å². The highest BCUT2D eigenvalue weighted by atomic mass is 32.2. The summed E-state index contributed by atoms with van der Waals surface area (Å²) in [7, 11) is 0. The van der Waals surface area contributed by atoms with Crippen molar-refractivity contribution in [2.45, 2.75) is 30.2 Å². The van der Waals surface area contributed by atoms with Crippen LogP contribution in [0, 0.1) is 0 Å². The molecule has 4 nitrogen and oxygen atoms in total. The number of thioether (sulfide) groups is 1. The minimum Gasteiger partial charge on any atom is -0.396 e. The fraction of sp³-hybridized carbons (Fsp3) is 0.417. The molecule has 0 aliphatic rings. The number of aliphatic hydroxyl groups is 1. The maximum Gasteiger partial charge on any atom is 0.138 e. The Morgan fingerprint density at radius 2 is 2.35 bits per heavy atom. The van der Waals surface area contributed by atoms with Crippen molar-refractivity contribution in [3.8, 4) is 0 Å². The molecule has 92 valence electrons. The lowest BCUT2D eigenvalue weighted by Crippen LogP contribution is -2.04. The van der Waals surface area contributed by atoms with Crippen molar-refractivity contribution in [2.75, 3.05) is 6.61 Å². The largest absolute Gasteiger partial charge is 0.396 e. The summed E-state index contributed by atoms with van der Waals surface area (Å²) in [4.78, 5) is 4.57. The summed E-state index contributed by atoms with van der Waals surface area (Å²) in [6.45, 7) is 2.77. The highest BCUT2D eigenvalue weighted by molar-refractivity contribution is 7.99. The second-order valence-electron chi connectivity index (χ2n) is 3.94. The molecule has 1 unspecified atom stereocenters. The highest BCUT2D eigenvalue weighted by Gasteiger charge is 2.13. The monoisotopic (exact) mass is 251 g/mol. The van der Waals surface area contributed by atoms with E-state index in [1.807, 2.05) is 28.8 Å². The fourth-order valence-electron chi connectivity index (χ4n) is 1.74. The maximum absolute atomic E-state index is 8.92. The topological polar surface area (TPSA) is 63.5 Å². The van der Waals surface area contributed by atoms with Crippen LogP contribution in [0.2, 0.25) is 0 Å². The Balaban J connectivity index is 2.33. The summed E-state index contributed by atoms with van der Waals surface area (Å²) >= 11 is 1.67. The van der Waals surface area contributed by atoms with E-state index >= 15 is 0 Å². The van der Waals surface area contributed by atoms with Crippen LogP contribution in [0.3, 0.4) is 0 Å². The van der Waals surface area contributed by atoms with Gasteiger partial charge in [-0.05, 0) is 18.6 Å². The Morgan fingerprint density at radius 1 is 1.53 bits per heavy atom. The SMILES string of the molecule is CC(CCO)Sc1nc2ccccn2c1CN. The first-order valence-corrected chi connectivity index (χ1v) is 6.57. The predicted molar refractivity (Wildman–Crippen MR) is 70.1 cm³/mol. The Bertz CT molecular complexity index is 497. The number of aromatic nitrogens is 2. The van der Waals surface area contributed by atoms with Gasteiger partial charge in [0, 0.05) is 24.6 Å². The Labute approximate surface area is 105 Å². The number of rotatable bonds is 5. The first-order chi connectivity index (χ1) is 8.26. The van der Waals surface area contributed by atoms with Crippen molar-refractivity contribution in [3.63, 3.8) is 0 Å². The van der Waals surface area contributed by atoms with E-state index in [9.17, 15) is 0 Å². The quantitative estimate of drug-likeness (QED) is 0.793. The summed E-state index contributed by atoms with van der Waals surface area (Å²) in [5.41, 5.74) is 7.75. The highest BCUT2D eigenvalue weighted by Crippen LogP contribution is 2.28. The molecule has 2 rings (SSSR count). The summed E-state index contributed by atoms with van der Waals surface area (Å²) in [5, 5.41) is 10.2. The van der Waals surface area contributed by atoms with E-state index in [-0.39, 0.29) is 6.61 Å². The number of hydrogen-bond acceptors (Lipinski definition) is 4. The molecule has 0 fully saturated rings. The number of aliphatic hydroxyl groups excluding tert-OH is 1. The number of fused-ring (bicyclic) bond motifs is 1. The van der Waals surface area contributed by atoms with E-state index in [1.54, 1.807) is 11.8 Å². The summed E-state index contributed by atoms with van der Waals surface area (Å²) in [6.07, 6.45) is 2.74. The van der Waals surface area contributed by atoms with Gasteiger partial charge >= 0.3 is 0 Å². The summed E-state index contributed by atoms with van der Waals surface area (Å²) in [6, 6.07) is 5.91. The third-order valence-electron chi connectivity index (χ3n) is 2.63. The van der Waals surface area contributed by atoms with Gasteiger partial charge in [-0.15, -0.1) is 11.8 Å². The van der Waals surface area contributed by atoms with E-state index in [2.05, 4.69) is 11.9 Å². The normalized spacial score (nSPS) is 13.1. The summed E-state index contributed by atoms with van der Waals surface area (Å²) in [5.74, 6) is 0. The van der Waals surface area contributed by atoms with Crippen LogP contribution >= 0.6 is 11.8 Å². The van der Waals surface area contributed by atoms with Gasteiger partial charge in [0.05, 0.1) is 5.69 Å². The van der Waals surface area contributed by atoms with E-state index in [0.717, 1.165) is 22.8 Å². The molecule has 0 saturated carbocycles. The molecule has 0 radical (unpaired) electrons. The van der Waals surface area contributed by atoms with Gasteiger partial charge in [-0.25, -0.2) is 4.98 Å². The minimum atomic E-state index is 0.208. The lowest BCUT2D eigenvalue weighted by atomic mass is 10.3. The molecule has 0 aromatic carbocycles. The van der Waals surface area contributed by atoms with Crippen LogP contribution in [-0.4, -0.2) is 26.3 Å². The van der Waals surface area contributed by atoms with Crippen LogP contribution in [0.25, 0.3) is 5.65 Å². The van der Waals surface area contributed by atoms with Gasteiger partial charge in [0.25, 0.3) is 0 Å². The van der Waals surface area contributed by atoms with Crippen molar-refractivity contribution < 1.29 is 5.11 Å². The molecule has 0 amide bonds. The number of nitrogens with two attached hydrogens (primary N) is 1. The lowest BCUT2D eigenvalue weighted by molar-refractivity contribution is 0.289. The standard InChI is InChI=1S/C12H17N3OS/c1-9(5-7-16)17-12-10(8-13)15-6-3-2-4-11(15)14-12/h2-4,6,9,16H,5,7-8,13H2,1H3. The van der Waals surface area contributed by atoms with Gasteiger partial charge in [0.2, 0.25) is 0 Å². The second kappa shape index (κ2) is 5.53. The molecule has 0 saturated heterocycles. The zero-order chi connectivity index (χ0) is 12.3. The van der Waals surface area contributed by atoms with Crippen LogP contribution in [0.15, 0.2) is 29.4 Å². The average Bonchev–Trinajstić information content (AvgIpc) is 2.66. The molecule has 5 heteroatoms. The molecular formula is C12H17N3OS. The molecule has 1 atom stereocenters. The van der Waals surface area contributed by atoms with E-state index in [4.69, 9.17) is 10.8 Å². The number of hydrogen-bond donors (Lipinski definition) is 2. The Morgan fingerprint density at radius 3 is 3.06 bits per heavy atom. The fourth-order valence-corrected chi connectivity index (χ4v) is 2.80. The number of pyridine rings is 1. The summed E-state index contributed by atoms with van der Waals surface area (Å²) < 4.78 is 2.02. The van der Waals surface area contributed by atoms with Gasteiger partial charge in [-0.1, -0.05) is 13.0 Å². The average molecular weight is 251 g/mol. The second-order valence-corrected chi connectivity index (χ2v) is 5.36. The van der Waals surface area contributed by atoms with E-state index in [0.29, 0.717) is 11.8 Å². The molecule has 3 N–H and O–H groups in total. The van der Waals surface area contributed by atoms with Crippen LogP contribution in [0.1, 0.15) is 19.0 Å². The van der Waals surface area contributed by atoms with E-state index in [1.165, 1.54) is 0 Å². The third kappa shape index (κ3) is 2.62. The predicted octanol–water partition coefficient (Wildman–Crippen LogP) is 1.66. The van der Waals surface area contributed by atoms with E-state index < -0.39 is 0 Å². The van der Waals surface area contributed by atoms with Crippen LogP contribution in [-0.2, 0) is 6.54 Å². The molecule has 0 bridgehead atoms. The van der Waals surface area contributed by atoms with Crippen molar-refractivity contribution >= 4 is 17.4 Å². The van der Waals surface area contributed by atoms with Crippen molar-refractivity contribution in [3.05, 3.63) is 30.1 Å². The molecular weight excluding hydrogens is 234 g/mol. The smallest absolute Gasteiger partial charge is 0.138 e. The molecule has 2 aromatic heterocycles. The molecule has 2 heterocycles. The maximum atomic E-state index is 8.92. The van der Waals surface area contributed by atoms with Crippen molar-refractivity contribution in [1.82, 2.24) is 9.38 Å². The zero-order valence-electron chi connectivity index (χ0n) is 9.84. The van der Waals surface area contributed by atoms with Crippen molar-refractivity contribution in [2.24, 2.45) is 5.73 Å². The van der Waals surface area contributed by atoms with Gasteiger partial charge in [-0.2, -0.15) is 0 Å². The van der Waals surface area contributed by atoms with Crippen molar-refractivity contribution in [1.29, 1.82) is 0 Å². The Hall–Kier alpha value is -1.04. The molecule has 0 aliphatic carbocycles. The van der Waals surface area contributed by atoms with Crippen LogP contribution < -0.4 is 5.73 Å². The molecule has 0 aliphatic heterocycles. The first kappa shape index (κ1) is 12.4. The van der Waals surface area contributed by atoms with Gasteiger partial charge < -0.3 is 15.2 Å². The number of nitrogens with zero attached hydrogens (tertiary/aromatic N) is 2. The van der Waals surface area contributed by atoms with Gasteiger partial charge in [-0.3, -0.25) is 0 Å². The zero-order valence-corrected chi connectivity index (χ0v) is 10.7. The third-order valence-corrected chi connectivity index (χ3v) is 3.82. The van der Waals surface area contributed by atoms with Crippen LogP contribution in [0.4, 0.5) is 0 Å². The van der Waals surface area contributed by atoms with Crippen LogP contribution in [0.5, 0.6) is 0 Å². The first-order valence-electron chi connectivity index (χ1n) is 5.69. The molecule has 2 aromatic rings. The molecule has 0 spiro atoms.